The molecule has 0 bridgehead atoms. The van der Waals surface area contributed by atoms with E-state index in [4.69, 9.17) is 0 Å². The van der Waals surface area contributed by atoms with Crippen LogP contribution in [-0.2, 0) is 4.79 Å². The number of hydrogen-bond acceptors (Lipinski definition) is 2. The molecule has 1 atom stereocenters. The average molecular weight is 347 g/mol. The Hall–Kier alpha value is -1.17. The molecule has 2 rings (SSSR count). The first kappa shape index (κ1) is 15.2. The topological polar surface area (TPSA) is 41.1 Å². The number of hydrogen-bond donors (Lipinski definition) is 2. The van der Waals surface area contributed by atoms with Crippen LogP contribution in [0.25, 0.3) is 0 Å². The Bertz CT molecular complexity index is 504. The minimum absolute atomic E-state index is 0.0141. The Morgan fingerprint density at radius 1 is 1.30 bits per heavy atom. The molecule has 0 spiro atoms. The summed E-state index contributed by atoms with van der Waals surface area (Å²) in [5, 5.41) is 5.62. The van der Waals surface area contributed by atoms with Gasteiger partial charge in [-0.05, 0) is 41.8 Å². The monoisotopic (exact) mass is 346 g/mol. The van der Waals surface area contributed by atoms with Crippen molar-refractivity contribution in [2.75, 3.05) is 5.32 Å². The van der Waals surface area contributed by atoms with Crippen LogP contribution in [0.3, 0.4) is 0 Å². The van der Waals surface area contributed by atoms with Crippen LogP contribution in [0, 0.1) is 11.6 Å². The van der Waals surface area contributed by atoms with Crippen molar-refractivity contribution in [3.63, 3.8) is 0 Å². The molecule has 0 aromatic heterocycles. The normalized spacial score (nSPS) is 17.0. The molecule has 1 unspecified atom stereocenters. The van der Waals surface area contributed by atoms with Crippen LogP contribution in [0.2, 0.25) is 0 Å². The minimum atomic E-state index is -0.620. The van der Waals surface area contributed by atoms with E-state index >= 15 is 0 Å². The molecule has 3 nitrogen and oxygen atoms in total. The van der Waals surface area contributed by atoms with Gasteiger partial charge in [-0.3, -0.25) is 4.79 Å². The van der Waals surface area contributed by atoms with E-state index in [1.54, 1.807) is 6.92 Å². The van der Waals surface area contributed by atoms with Crippen molar-refractivity contribution in [2.45, 2.75) is 44.7 Å². The lowest BCUT2D eigenvalue weighted by atomic mass is 10.2. The third-order valence-electron chi connectivity index (χ3n) is 3.48. The summed E-state index contributed by atoms with van der Waals surface area (Å²) >= 11 is 2.91. The minimum Gasteiger partial charge on any atom is -0.371 e. The van der Waals surface area contributed by atoms with Crippen LogP contribution >= 0.6 is 15.9 Å². The third-order valence-corrected chi connectivity index (χ3v) is 4.08. The molecule has 6 heteroatoms. The molecule has 0 heterocycles. The van der Waals surface area contributed by atoms with Crippen LogP contribution in [0.5, 0.6) is 0 Å². The summed E-state index contributed by atoms with van der Waals surface area (Å²) in [6, 6.07) is 1.67. The van der Waals surface area contributed by atoms with Crippen LogP contribution in [0.15, 0.2) is 16.6 Å². The highest BCUT2D eigenvalue weighted by Crippen LogP contribution is 2.24. The van der Waals surface area contributed by atoms with Gasteiger partial charge >= 0.3 is 0 Å². The predicted molar refractivity (Wildman–Crippen MR) is 77.5 cm³/mol. The highest BCUT2D eigenvalue weighted by atomic mass is 79.9. The molecular weight excluding hydrogens is 330 g/mol. The van der Waals surface area contributed by atoms with Gasteiger partial charge in [-0.1, -0.05) is 12.8 Å². The smallest absolute Gasteiger partial charge is 0.242 e. The molecule has 1 fully saturated rings. The fourth-order valence-corrected chi connectivity index (χ4v) is 2.64. The van der Waals surface area contributed by atoms with E-state index in [-0.39, 0.29) is 22.1 Å². The van der Waals surface area contributed by atoms with Crippen molar-refractivity contribution in [1.29, 1.82) is 0 Å². The fourth-order valence-electron chi connectivity index (χ4n) is 2.33. The molecule has 1 aromatic carbocycles. The first-order valence-corrected chi connectivity index (χ1v) is 7.48. The number of carbonyl (C=O) groups is 1. The molecular formula is C14H17BrF2N2O. The van der Waals surface area contributed by atoms with Gasteiger partial charge in [-0.2, -0.15) is 0 Å². The largest absolute Gasteiger partial charge is 0.371 e. The van der Waals surface area contributed by atoms with Gasteiger partial charge < -0.3 is 10.6 Å². The number of carbonyl (C=O) groups excluding carboxylic acids is 1. The second-order valence-electron chi connectivity index (χ2n) is 5.10. The summed E-state index contributed by atoms with van der Waals surface area (Å²) in [5.41, 5.74) is -0.0141. The summed E-state index contributed by atoms with van der Waals surface area (Å²) in [6.07, 6.45) is 4.22. The van der Waals surface area contributed by atoms with E-state index in [1.807, 2.05) is 0 Å². The fraction of sp³-hybridized carbons (Fsp3) is 0.500. The van der Waals surface area contributed by atoms with Gasteiger partial charge in [-0.15, -0.1) is 0 Å². The zero-order valence-corrected chi connectivity index (χ0v) is 12.8. The lowest BCUT2D eigenvalue weighted by molar-refractivity contribution is -0.122. The lowest BCUT2D eigenvalue weighted by Crippen LogP contribution is -2.42. The van der Waals surface area contributed by atoms with Gasteiger partial charge in [0.25, 0.3) is 0 Å². The predicted octanol–water partition coefficient (Wildman–Crippen LogP) is 3.59. The van der Waals surface area contributed by atoms with Crippen molar-refractivity contribution in [2.24, 2.45) is 0 Å². The van der Waals surface area contributed by atoms with Gasteiger partial charge in [0.05, 0.1) is 10.2 Å². The van der Waals surface area contributed by atoms with Crippen LogP contribution in [0.4, 0.5) is 14.5 Å². The first-order valence-electron chi connectivity index (χ1n) is 6.69. The number of benzene rings is 1. The quantitative estimate of drug-likeness (QED) is 0.818. The van der Waals surface area contributed by atoms with Crippen LogP contribution in [-0.4, -0.2) is 18.0 Å². The third kappa shape index (κ3) is 3.69. The average Bonchev–Trinajstić information content (AvgIpc) is 2.88. The van der Waals surface area contributed by atoms with Crippen molar-refractivity contribution >= 4 is 27.5 Å². The van der Waals surface area contributed by atoms with Crippen molar-refractivity contribution < 1.29 is 13.6 Å². The van der Waals surface area contributed by atoms with Gasteiger partial charge in [0.2, 0.25) is 5.91 Å². The van der Waals surface area contributed by atoms with Gasteiger partial charge in [-0.25, -0.2) is 8.78 Å². The maximum atomic E-state index is 13.7. The van der Waals surface area contributed by atoms with Crippen molar-refractivity contribution in [3.8, 4) is 0 Å². The first-order chi connectivity index (χ1) is 9.47. The maximum Gasteiger partial charge on any atom is 0.242 e. The molecule has 1 aromatic rings. The molecule has 0 radical (unpaired) electrons. The molecule has 1 saturated carbocycles. The Morgan fingerprint density at radius 2 is 1.95 bits per heavy atom. The molecule has 1 aliphatic carbocycles. The maximum absolute atomic E-state index is 13.7. The highest BCUT2D eigenvalue weighted by molar-refractivity contribution is 9.10. The summed E-state index contributed by atoms with van der Waals surface area (Å²) in [6.45, 7) is 1.63. The SMILES string of the molecule is CC(Nc1cc(F)c(Br)cc1F)C(=O)NC1CCCC1. The molecule has 110 valence electrons. The van der Waals surface area contributed by atoms with E-state index in [2.05, 4.69) is 26.6 Å². The zero-order valence-electron chi connectivity index (χ0n) is 11.2. The summed E-state index contributed by atoms with van der Waals surface area (Å²) in [5.74, 6) is -1.37. The van der Waals surface area contributed by atoms with E-state index < -0.39 is 17.7 Å². The van der Waals surface area contributed by atoms with Crippen LogP contribution < -0.4 is 10.6 Å². The van der Waals surface area contributed by atoms with E-state index in [0.29, 0.717) is 0 Å². The number of rotatable bonds is 4. The Kier molecular flexibility index (Phi) is 4.96. The van der Waals surface area contributed by atoms with E-state index in [9.17, 15) is 13.6 Å². The summed E-state index contributed by atoms with van der Waals surface area (Å²) in [4.78, 5) is 12.0. The summed E-state index contributed by atoms with van der Waals surface area (Å²) in [7, 11) is 0. The lowest BCUT2D eigenvalue weighted by Gasteiger charge is -2.19. The Balaban J connectivity index is 1.98. The van der Waals surface area contributed by atoms with Crippen molar-refractivity contribution in [3.05, 3.63) is 28.2 Å². The number of halogens is 3. The second-order valence-corrected chi connectivity index (χ2v) is 5.96. The number of amides is 1. The number of anilines is 1. The highest BCUT2D eigenvalue weighted by Gasteiger charge is 2.21. The van der Waals surface area contributed by atoms with Gasteiger partial charge in [0.1, 0.15) is 17.7 Å². The Morgan fingerprint density at radius 3 is 2.60 bits per heavy atom. The second kappa shape index (κ2) is 6.52. The van der Waals surface area contributed by atoms with E-state index in [1.165, 1.54) is 0 Å². The van der Waals surface area contributed by atoms with Gasteiger partial charge in [0, 0.05) is 12.1 Å². The zero-order chi connectivity index (χ0) is 14.7. The molecule has 20 heavy (non-hydrogen) atoms. The molecule has 0 aliphatic heterocycles. The summed E-state index contributed by atoms with van der Waals surface area (Å²) < 4.78 is 27.1. The van der Waals surface area contributed by atoms with E-state index in [0.717, 1.165) is 37.8 Å². The molecule has 1 aliphatic rings. The van der Waals surface area contributed by atoms with Crippen molar-refractivity contribution in [1.82, 2.24) is 5.32 Å². The van der Waals surface area contributed by atoms with Crippen LogP contribution in [0.1, 0.15) is 32.6 Å². The molecule has 1 amide bonds. The molecule has 2 N–H and O–H groups in total. The standard InChI is InChI=1S/C14H17BrF2N2O/c1-8(14(20)19-9-4-2-3-5-9)18-13-7-11(16)10(15)6-12(13)17/h6-9,18H,2-5H2,1H3,(H,19,20). The molecule has 0 saturated heterocycles. The number of nitrogens with one attached hydrogen (secondary N) is 2. The Labute approximate surface area is 125 Å². The van der Waals surface area contributed by atoms with Gasteiger partial charge in [0.15, 0.2) is 0 Å².